The van der Waals surface area contributed by atoms with Crippen LogP contribution in [0.1, 0.15) is 24.2 Å². The van der Waals surface area contributed by atoms with Crippen LogP contribution in [0.25, 0.3) is 0 Å². The standard InChI is InChI=1S/C12H19N3O/c1-8(2)7-15(3)11-6-9(13)4-5-10(11)12(14)16/h4-6,8H,7,13H2,1-3H3,(H2,14,16). The van der Waals surface area contributed by atoms with Gasteiger partial charge in [-0.15, -0.1) is 0 Å². The van der Waals surface area contributed by atoms with E-state index in [1.807, 2.05) is 11.9 Å². The highest BCUT2D eigenvalue weighted by molar-refractivity contribution is 5.99. The Morgan fingerprint density at radius 1 is 1.44 bits per heavy atom. The third kappa shape index (κ3) is 2.89. The number of nitrogen functional groups attached to an aromatic ring is 1. The van der Waals surface area contributed by atoms with E-state index in [1.165, 1.54) is 0 Å². The Balaban J connectivity index is 3.09. The number of nitrogens with two attached hydrogens (primary N) is 2. The van der Waals surface area contributed by atoms with Crippen molar-refractivity contribution in [2.75, 3.05) is 24.2 Å². The molecule has 0 aliphatic heterocycles. The maximum atomic E-state index is 11.3. The second kappa shape index (κ2) is 4.88. The lowest BCUT2D eigenvalue weighted by molar-refractivity contribution is 0.100. The van der Waals surface area contributed by atoms with Gasteiger partial charge in [-0.25, -0.2) is 0 Å². The molecular weight excluding hydrogens is 202 g/mol. The number of rotatable bonds is 4. The zero-order valence-electron chi connectivity index (χ0n) is 10.0. The minimum absolute atomic E-state index is 0.425. The molecule has 1 aromatic carbocycles. The SMILES string of the molecule is CC(C)CN(C)c1cc(N)ccc1C(N)=O. The number of amides is 1. The Morgan fingerprint density at radius 2 is 2.06 bits per heavy atom. The zero-order valence-corrected chi connectivity index (χ0v) is 10.0. The summed E-state index contributed by atoms with van der Waals surface area (Å²) in [7, 11) is 1.93. The Labute approximate surface area is 96.2 Å². The summed E-state index contributed by atoms with van der Waals surface area (Å²) in [4.78, 5) is 13.3. The third-order valence-electron chi connectivity index (χ3n) is 2.34. The maximum absolute atomic E-state index is 11.3. The normalized spacial score (nSPS) is 10.5. The first-order valence-electron chi connectivity index (χ1n) is 5.32. The van der Waals surface area contributed by atoms with E-state index in [-0.39, 0.29) is 0 Å². The first kappa shape index (κ1) is 12.4. The molecule has 0 aliphatic carbocycles. The van der Waals surface area contributed by atoms with Crippen LogP contribution in [-0.4, -0.2) is 19.5 Å². The van der Waals surface area contributed by atoms with Crippen molar-refractivity contribution in [3.05, 3.63) is 23.8 Å². The quantitative estimate of drug-likeness (QED) is 0.756. The van der Waals surface area contributed by atoms with Crippen LogP contribution in [0.3, 0.4) is 0 Å². The Hall–Kier alpha value is -1.71. The van der Waals surface area contributed by atoms with Gasteiger partial charge in [-0.2, -0.15) is 0 Å². The van der Waals surface area contributed by atoms with E-state index in [1.54, 1.807) is 18.2 Å². The molecule has 0 spiro atoms. The predicted octanol–water partition coefficient (Wildman–Crippen LogP) is 1.46. The average molecular weight is 221 g/mol. The van der Waals surface area contributed by atoms with Crippen LogP contribution in [0.5, 0.6) is 0 Å². The van der Waals surface area contributed by atoms with E-state index < -0.39 is 5.91 Å². The van der Waals surface area contributed by atoms with Crippen LogP contribution in [0, 0.1) is 5.92 Å². The Morgan fingerprint density at radius 3 is 2.56 bits per heavy atom. The van der Waals surface area contributed by atoms with E-state index in [0.717, 1.165) is 12.2 Å². The van der Waals surface area contributed by atoms with Crippen molar-refractivity contribution in [3.63, 3.8) is 0 Å². The topological polar surface area (TPSA) is 72.3 Å². The number of hydrogen-bond donors (Lipinski definition) is 2. The molecule has 1 rings (SSSR count). The van der Waals surface area contributed by atoms with Gasteiger partial charge in [-0.05, 0) is 24.1 Å². The third-order valence-corrected chi connectivity index (χ3v) is 2.34. The van der Waals surface area contributed by atoms with Crippen LogP contribution >= 0.6 is 0 Å². The molecule has 1 aromatic rings. The molecule has 0 bridgehead atoms. The molecule has 0 heterocycles. The number of carbonyl (C=O) groups excluding carboxylic acids is 1. The highest BCUT2D eigenvalue weighted by atomic mass is 16.1. The van der Waals surface area contributed by atoms with Gasteiger partial charge in [0.15, 0.2) is 0 Å². The molecule has 0 atom stereocenters. The van der Waals surface area contributed by atoms with Crippen molar-refractivity contribution in [2.24, 2.45) is 11.7 Å². The monoisotopic (exact) mass is 221 g/mol. The first-order valence-corrected chi connectivity index (χ1v) is 5.32. The van der Waals surface area contributed by atoms with Gasteiger partial charge in [0.2, 0.25) is 0 Å². The van der Waals surface area contributed by atoms with Crippen molar-refractivity contribution in [1.29, 1.82) is 0 Å². The van der Waals surface area contributed by atoms with Crippen LogP contribution in [-0.2, 0) is 0 Å². The molecule has 0 saturated carbocycles. The minimum atomic E-state index is -0.425. The minimum Gasteiger partial charge on any atom is -0.399 e. The van der Waals surface area contributed by atoms with E-state index in [4.69, 9.17) is 11.5 Å². The molecule has 0 aromatic heterocycles. The lowest BCUT2D eigenvalue weighted by atomic mass is 10.1. The Bertz CT molecular complexity index is 388. The molecule has 0 radical (unpaired) electrons. The number of carbonyl (C=O) groups is 1. The summed E-state index contributed by atoms with van der Waals surface area (Å²) in [6, 6.07) is 5.14. The summed E-state index contributed by atoms with van der Waals surface area (Å²) in [6.07, 6.45) is 0. The number of anilines is 2. The summed E-state index contributed by atoms with van der Waals surface area (Å²) in [6.45, 7) is 5.09. The summed E-state index contributed by atoms with van der Waals surface area (Å²) in [5.41, 5.74) is 13.0. The second-order valence-electron chi connectivity index (χ2n) is 4.42. The predicted molar refractivity (Wildman–Crippen MR) is 67.5 cm³/mol. The smallest absolute Gasteiger partial charge is 0.250 e. The van der Waals surface area contributed by atoms with E-state index in [2.05, 4.69) is 13.8 Å². The van der Waals surface area contributed by atoms with Crippen molar-refractivity contribution in [1.82, 2.24) is 0 Å². The highest BCUT2D eigenvalue weighted by Crippen LogP contribution is 2.23. The number of benzene rings is 1. The average Bonchev–Trinajstić information content (AvgIpc) is 2.15. The van der Waals surface area contributed by atoms with Gasteiger partial charge in [-0.1, -0.05) is 13.8 Å². The molecule has 1 amide bonds. The lowest BCUT2D eigenvalue weighted by Gasteiger charge is -2.23. The molecule has 0 unspecified atom stereocenters. The van der Waals surface area contributed by atoms with Gasteiger partial charge in [-0.3, -0.25) is 4.79 Å². The molecule has 88 valence electrons. The van der Waals surface area contributed by atoms with Crippen LogP contribution < -0.4 is 16.4 Å². The summed E-state index contributed by atoms with van der Waals surface area (Å²) < 4.78 is 0. The summed E-state index contributed by atoms with van der Waals surface area (Å²) in [5, 5.41) is 0. The van der Waals surface area contributed by atoms with Gasteiger partial charge < -0.3 is 16.4 Å². The molecule has 4 heteroatoms. The molecule has 0 fully saturated rings. The second-order valence-corrected chi connectivity index (χ2v) is 4.42. The highest BCUT2D eigenvalue weighted by Gasteiger charge is 2.12. The number of hydrogen-bond acceptors (Lipinski definition) is 3. The molecule has 4 N–H and O–H groups in total. The van der Waals surface area contributed by atoms with Gasteiger partial charge in [0.25, 0.3) is 5.91 Å². The van der Waals surface area contributed by atoms with E-state index in [9.17, 15) is 4.79 Å². The molecular formula is C12H19N3O. The fraction of sp³-hybridized carbons (Fsp3) is 0.417. The fourth-order valence-electron chi connectivity index (χ4n) is 1.72. The lowest BCUT2D eigenvalue weighted by Crippen LogP contribution is -2.26. The number of primary amides is 1. The van der Waals surface area contributed by atoms with Crippen LogP contribution in [0.4, 0.5) is 11.4 Å². The van der Waals surface area contributed by atoms with Crippen LogP contribution in [0.15, 0.2) is 18.2 Å². The van der Waals surface area contributed by atoms with Crippen molar-refractivity contribution >= 4 is 17.3 Å². The summed E-state index contributed by atoms with van der Waals surface area (Å²) >= 11 is 0. The van der Waals surface area contributed by atoms with E-state index >= 15 is 0 Å². The van der Waals surface area contributed by atoms with Gasteiger partial charge in [0, 0.05) is 19.3 Å². The largest absolute Gasteiger partial charge is 0.399 e. The maximum Gasteiger partial charge on any atom is 0.250 e. The van der Waals surface area contributed by atoms with Gasteiger partial charge in [0.05, 0.1) is 11.3 Å². The van der Waals surface area contributed by atoms with Crippen molar-refractivity contribution < 1.29 is 4.79 Å². The zero-order chi connectivity index (χ0) is 12.3. The van der Waals surface area contributed by atoms with Crippen molar-refractivity contribution in [3.8, 4) is 0 Å². The number of nitrogens with zero attached hydrogens (tertiary/aromatic N) is 1. The molecule has 0 aliphatic rings. The van der Waals surface area contributed by atoms with Crippen LogP contribution in [0.2, 0.25) is 0 Å². The molecule has 4 nitrogen and oxygen atoms in total. The van der Waals surface area contributed by atoms with Gasteiger partial charge in [0.1, 0.15) is 0 Å². The Kier molecular flexibility index (Phi) is 3.77. The summed E-state index contributed by atoms with van der Waals surface area (Å²) in [5.74, 6) is 0.0813. The molecule has 0 saturated heterocycles. The van der Waals surface area contributed by atoms with Gasteiger partial charge >= 0.3 is 0 Å². The van der Waals surface area contributed by atoms with E-state index in [0.29, 0.717) is 17.2 Å². The van der Waals surface area contributed by atoms with Crippen molar-refractivity contribution in [2.45, 2.75) is 13.8 Å². The molecule has 16 heavy (non-hydrogen) atoms. The fourth-order valence-corrected chi connectivity index (χ4v) is 1.72. The first-order chi connectivity index (χ1) is 7.41.